The molecule has 8 nitrogen and oxygen atoms in total. The third-order valence-corrected chi connectivity index (χ3v) is 4.07. The zero-order chi connectivity index (χ0) is 13.7. The molecule has 3 N–H and O–H groups in total. The molecule has 0 radical (unpaired) electrons. The Morgan fingerprint density at radius 1 is 1.50 bits per heavy atom. The van der Waals surface area contributed by atoms with Crippen LogP contribution in [0.5, 0.6) is 0 Å². The van der Waals surface area contributed by atoms with Crippen molar-refractivity contribution in [3.63, 3.8) is 0 Å². The summed E-state index contributed by atoms with van der Waals surface area (Å²) in [5, 5.41) is 17.5. The molecule has 2 aromatic rings. The molecule has 0 amide bonds. The first-order chi connectivity index (χ1) is 9.78. The lowest BCUT2D eigenvalue weighted by Crippen LogP contribution is -2.28. The molecular formula is C12H15N5O3. The Bertz CT molecular complexity index is 696. The lowest BCUT2D eigenvalue weighted by atomic mass is 10.0. The van der Waals surface area contributed by atoms with Crippen LogP contribution in [0.3, 0.4) is 0 Å². The van der Waals surface area contributed by atoms with Crippen molar-refractivity contribution >= 4 is 11.2 Å². The number of aliphatic hydroxyl groups is 1. The minimum absolute atomic E-state index is 0.0125. The molecule has 0 saturated carbocycles. The van der Waals surface area contributed by atoms with Crippen LogP contribution in [-0.4, -0.2) is 50.0 Å². The second-order valence-corrected chi connectivity index (χ2v) is 5.21. The number of nitrogens with zero attached hydrogens (tertiary/aromatic N) is 3. The summed E-state index contributed by atoms with van der Waals surface area (Å²) in [4.78, 5) is 11.2. The third kappa shape index (κ3) is 1.62. The Labute approximate surface area is 113 Å². The molecule has 20 heavy (non-hydrogen) atoms. The molecule has 4 rings (SSSR count). The highest BCUT2D eigenvalue weighted by molar-refractivity contribution is 5.67. The van der Waals surface area contributed by atoms with Gasteiger partial charge in [-0.1, -0.05) is 0 Å². The number of aliphatic hydroxyl groups excluding tert-OH is 1. The number of ether oxygens (including phenoxy) is 2. The van der Waals surface area contributed by atoms with Gasteiger partial charge in [-0.3, -0.25) is 9.98 Å². The van der Waals surface area contributed by atoms with Crippen molar-refractivity contribution in [3.05, 3.63) is 18.1 Å². The number of imidazole rings is 1. The molecule has 0 spiro atoms. The minimum Gasteiger partial charge on any atom is -0.396 e. The second kappa shape index (κ2) is 4.37. The fraction of sp³-hybridized carbons (Fsp3) is 0.583. The molecule has 2 aliphatic rings. The van der Waals surface area contributed by atoms with E-state index in [1.54, 1.807) is 10.9 Å². The summed E-state index contributed by atoms with van der Waals surface area (Å²) in [5.41, 5.74) is 1.40. The lowest BCUT2D eigenvalue weighted by molar-refractivity contribution is -0.0299. The Morgan fingerprint density at radius 3 is 3.25 bits per heavy atom. The van der Waals surface area contributed by atoms with Crippen LogP contribution >= 0.6 is 0 Å². The van der Waals surface area contributed by atoms with Crippen LogP contribution in [0.25, 0.3) is 11.2 Å². The van der Waals surface area contributed by atoms with E-state index in [4.69, 9.17) is 14.9 Å². The molecule has 4 heterocycles. The van der Waals surface area contributed by atoms with Crippen molar-refractivity contribution in [1.82, 2.24) is 19.5 Å². The maximum absolute atomic E-state index is 9.31. The van der Waals surface area contributed by atoms with Gasteiger partial charge in [0.25, 0.3) is 0 Å². The van der Waals surface area contributed by atoms with E-state index in [9.17, 15) is 5.11 Å². The Morgan fingerprint density at radius 2 is 2.40 bits per heavy atom. The standard InChI is InChI=1S/C12H15N5O3/c13-11-9-12(15-4-14-9)16-5-17(11)8-1-7-10(20-8)6(2-18)3-19-7/h4-8,10,13,18H,1-3H2,(H,14,15)/t6-,7-,8-,10-/m1/s1. The van der Waals surface area contributed by atoms with E-state index in [2.05, 4.69) is 15.0 Å². The van der Waals surface area contributed by atoms with Crippen molar-refractivity contribution in [2.24, 2.45) is 5.92 Å². The maximum atomic E-state index is 9.31. The Hall–Kier alpha value is -1.77. The van der Waals surface area contributed by atoms with E-state index in [0.717, 1.165) is 0 Å². The van der Waals surface area contributed by atoms with E-state index in [1.165, 1.54) is 6.33 Å². The summed E-state index contributed by atoms with van der Waals surface area (Å²) in [5.74, 6) is 0.0172. The largest absolute Gasteiger partial charge is 0.396 e. The minimum atomic E-state index is -0.285. The summed E-state index contributed by atoms with van der Waals surface area (Å²) >= 11 is 0. The Balaban J connectivity index is 1.68. The highest BCUT2D eigenvalue weighted by Crippen LogP contribution is 2.38. The molecule has 0 unspecified atom stereocenters. The summed E-state index contributed by atoms with van der Waals surface area (Å²) in [6, 6.07) is 0. The van der Waals surface area contributed by atoms with Gasteiger partial charge in [-0.2, -0.15) is 0 Å². The van der Waals surface area contributed by atoms with Crippen LogP contribution in [0.1, 0.15) is 12.6 Å². The third-order valence-electron chi connectivity index (χ3n) is 4.07. The number of aromatic amines is 1. The van der Waals surface area contributed by atoms with Gasteiger partial charge in [0.2, 0.25) is 0 Å². The highest BCUT2D eigenvalue weighted by Gasteiger charge is 2.46. The number of rotatable bonds is 2. The van der Waals surface area contributed by atoms with Gasteiger partial charge >= 0.3 is 0 Å². The first-order valence-electron chi connectivity index (χ1n) is 6.60. The molecule has 4 atom stereocenters. The van der Waals surface area contributed by atoms with Gasteiger partial charge < -0.3 is 19.6 Å². The molecule has 2 fully saturated rings. The fourth-order valence-electron chi connectivity index (χ4n) is 2.99. The number of fused-ring (bicyclic) bond motifs is 2. The summed E-state index contributed by atoms with van der Waals surface area (Å²) in [6.07, 6.45) is 3.36. The monoisotopic (exact) mass is 277 g/mol. The Kier molecular flexibility index (Phi) is 2.62. The number of nitrogens with one attached hydrogen (secondary N) is 2. The normalized spacial score (nSPS) is 32.9. The molecule has 2 saturated heterocycles. The van der Waals surface area contributed by atoms with Crippen molar-refractivity contribution in [3.8, 4) is 0 Å². The average molecular weight is 277 g/mol. The van der Waals surface area contributed by atoms with Gasteiger partial charge in [-0.05, 0) is 0 Å². The van der Waals surface area contributed by atoms with Gasteiger partial charge in [0, 0.05) is 12.3 Å². The fourth-order valence-corrected chi connectivity index (χ4v) is 2.99. The van der Waals surface area contributed by atoms with Crippen LogP contribution in [-0.2, 0) is 9.47 Å². The van der Waals surface area contributed by atoms with Crippen molar-refractivity contribution in [1.29, 1.82) is 5.41 Å². The zero-order valence-electron chi connectivity index (χ0n) is 10.7. The average Bonchev–Trinajstić information content (AvgIpc) is 3.13. The van der Waals surface area contributed by atoms with Crippen LogP contribution in [0, 0.1) is 11.3 Å². The van der Waals surface area contributed by atoms with Gasteiger partial charge in [0.1, 0.15) is 18.1 Å². The summed E-state index contributed by atoms with van der Waals surface area (Å²) in [6.45, 7) is 0.596. The summed E-state index contributed by atoms with van der Waals surface area (Å²) in [7, 11) is 0. The molecule has 2 aliphatic heterocycles. The molecule has 106 valence electrons. The molecular weight excluding hydrogens is 262 g/mol. The number of hydrogen-bond donors (Lipinski definition) is 3. The molecule has 0 bridgehead atoms. The van der Waals surface area contributed by atoms with Gasteiger partial charge in [0.15, 0.2) is 11.1 Å². The van der Waals surface area contributed by atoms with Crippen molar-refractivity contribution in [2.45, 2.75) is 24.9 Å². The number of hydrogen-bond acceptors (Lipinski definition) is 6. The number of aromatic nitrogens is 4. The molecule has 0 aromatic carbocycles. The lowest BCUT2D eigenvalue weighted by Gasteiger charge is -2.18. The molecule has 8 heteroatoms. The SMILES string of the molecule is N=c1c2[nH]cnc2ncn1[C@H]1C[C@H]2OC[C@@H](CO)[C@H]2O1. The summed E-state index contributed by atoms with van der Waals surface area (Å²) < 4.78 is 13.3. The van der Waals surface area contributed by atoms with Crippen LogP contribution in [0.2, 0.25) is 0 Å². The van der Waals surface area contributed by atoms with E-state index >= 15 is 0 Å². The van der Waals surface area contributed by atoms with E-state index < -0.39 is 0 Å². The van der Waals surface area contributed by atoms with Gasteiger partial charge in [-0.15, -0.1) is 0 Å². The molecule has 0 aliphatic carbocycles. The van der Waals surface area contributed by atoms with Crippen molar-refractivity contribution in [2.75, 3.05) is 13.2 Å². The van der Waals surface area contributed by atoms with Gasteiger partial charge in [0.05, 0.1) is 31.7 Å². The predicted molar refractivity (Wildman–Crippen MR) is 66.6 cm³/mol. The topological polar surface area (TPSA) is 109 Å². The van der Waals surface area contributed by atoms with E-state index in [1.807, 2.05) is 0 Å². The zero-order valence-corrected chi connectivity index (χ0v) is 10.7. The van der Waals surface area contributed by atoms with Crippen molar-refractivity contribution < 1.29 is 14.6 Å². The smallest absolute Gasteiger partial charge is 0.182 e. The van der Waals surface area contributed by atoms with Crippen LogP contribution < -0.4 is 5.49 Å². The number of H-pyrrole nitrogens is 1. The molecule has 2 aromatic heterocycles. The highest BCUT2D eigenvalue weighted by atomic mass is 16.6. The first kappa shape index (κ1) is 12.0. The van der Waals surface area contributed by atoms with Crippen LogP contribution in [0.4, 0.5) is 0 Å². The maximum Gasteiger partial charge on any atom is 0.182 e. The van der Waals surface area contributed by atoms with E-state index in [-0.39, 0.29) is 36.4 Å². The van der Waals surface area contributed by atoms with Gasteiger partial charge in [-0.25, -0.2) is 9.97 Å². The predicted octanol–water partition coefficient (Wildman–Crippen LogP) is -0.466. The first-order valence-corrected chi connectivity index (χ1v) is 6.60. The quantitative estimate of drug-likeness (QED) is 0.688. The second-order valence-electron chi connectivity index (χ2n) is 5.21. The van der Waals surface area contributed by atoms with Crippen LogP contribution in [0.15, 0.2) is 12.7 Å². The van der Waals surface area contributed by atoms with E-state index in [0.29, 0.717) is 24.2 Å².